The molecular formula is C27H33N5O2S. The fourth-order valence-corrected chi connectivity index (χ4v) is 6.00. The van der Waals surface area contributed by atoms with E-state index in [0.29, 0.717) is 29.8 Å². The summed E-state index contributed by atoms with van der Waals surface area (Å²) in [5.74, 6) is 0.773. The summed E-state index contributed by atoms with van der Waals surface area (Å²) in [5, 5.41) is 8.49. The van der Waals surface area contributed by atoms with Crippen LogP contribution in [0.3, 0.4) is 0 Å². The molecule has 7 nitrogen and oxygen atoms in total. The highest BCUT2D eigenvalue weighted by molar-refractivity contribution is 7.15. The van der Waals surface area contributed by atoms with Crippen molar-refractivity contribution in [3.63, 3.8) is 0 Å². The van der Waals surface area contributed by atoms with Crippen molar-refractivity contribution >= 4 is 23.2 Å². The van der Waals surface area contributed by atoms with E-state index >= 15 is 0 Å². The average Bonchev–Trinajstić information content (AvgIpc) is 3.10. The van der Waals surface area contributed by atoms with E-state index in [9.17, 15) is 9.59 Å². The van der Waals surface area contributed by atoms with Crippen LogP contribution in [-0.2, 0) is 12.5 Å². The Kier molecular flexibility index (Phi) is 5.82. The van der Waals surface area contributed by atoms with Crippen LogP contribution in [0.15, 0.2) is 30.3 Å². The van der Waals surface area contributed by atoms with Gasteiger partial charge in [0.15, 0.2) is 0 Å². The normalized spacial score (nSPS) is 21.2. The summed E-state index contributed by atoms with van der Waals surface area (Å²) in [6.45, 7) is 11.4. The summed E-state index contributed by atoms with van der Waals surface area (Å²) in [6.07, 6.45) is 1.12. The summed E-state index contributed by atoms with van der Waals surface area (Å²) in [6, 6.07) is 10.1. The van der Waals surface area contributed by atoms with Crippen molar-refractivity contribution in [2.24, 2.45) is 18.9 Å². The molecule has 2 aromatic heterocycles. The number of fused-ring (bicyclic) bond motifs is 1. The lowest BCUT2D eigenvalue weighted by molar-refractivity contribution is 0.0690. The SMILES string of the molecule is Cc1cccc(-c2sc(C)nc2C(=O)N2C[C@H]3C[C@H]3[C@H]2CNC(=O)c2cc(C(C)(C)C)nn2C)c1. The van der Waals surface area contributed by atoms with Crippen molar-refractivity contribution in [1.82, 2.24) is 25.0 Å². The van der Waals surface area contributed by atoms with Gasteiger partial charge < -0.3 is 10.2 Å². The first kappa shape index (κ1) is 23.7. The summed E-state index contributed by atoms with van der Waals surface area (Å²) in [7, 11) is 1.80. The first-order chi connectivity index (χ1) is 16.5. The molecule has 35 heavy (non-hydrogen) atoms. The first-order valence-electron chi connectivity index (χ1n) is 12.2. The van der Waals surface area contributed by atoms with Crippen LogP contribution in [0.5, 0.6) is 0 Å². The number of nitrogens with zero attached hydrogens (tertiary/aromatic N) is 4. The topological polar surface area (TPSA) is 80.1 Å². The Labute approximate surface area is 210 Å². The molecule has 0 bridgehead atoms. The Bertz CT molecular complexity index is 1300. The van der Waals surface area contributed by atoms with Gasteiger partial charge in [0.25, 0.3) is 11.8 Å². The number of amides is 2. The van der Waals surface area contributed by atoms with Crippen molar-refractivity contribution in [3.05, 3.63) is 58.0 Å². The number of piperidine rings is 1. The third kappa shape index (κ3) is 4.51. The van der Waals surface area contributed by atoms with Crippen LogP contribution in [-0.4, -0.2) is 50.6 Å². The van der Waals surface area contributed by atoms with Gasteiger partial charge in [0.1, 0.15) is 11.4 Å². The molecule has 0 spiro atoms. The number of carbonyl (C=O) groups excluding carboxylic acids is 2. The van der Waals surface area contributed by atoms with Crippen molar-refractivity contribution in [1.29, 1.82) is 0 Å². The van der Waals surface area contributed by atoms with Crippen molar-refractivity contribution in [2.75, 3.05) is 13.1 Å². The average molecular weight is 492 g/mol. The maximum Gasteiger partial charge on any atom is 0.274 e. The Hall–Kier alpha value is -3.00. The molecular weight excluding hydrogens is 458 g/mol. The third-order valence-corrected chi connectivity index (χ3v) is 8.15. The lowest BCUT2D eigenvalue weighted by Crippen LogP contribution is -2.46. The third-order valence-electron chi connectivity index (χ3n) is 7.13. The maximum atomic E-state index is 13.7. The number of likely N-dealkylation sites (tertiary alicyclic amines) is 1. The van der Waals surface area contributed by atoms with Crippen LogP contribution in [0.25, 0.3) is 10.4 Å². The zero-order valence-electron chi connectivity index (χ0n) is 21.3. The van der Waals surface area contributed by atoms with Gasteiger partial charge in [-0.05, 0) is 43.7 Å². The van der Waals surface area contributed by atoms with Crippen LogP contribution < -0.4 is 5.32 Å². The van der Waals surface area contributed by atoms with E-state index in [4.69, 9.17) is 0 Å². The molecule has 1 aliphatic carbocycles. The molecule has 2 fully saturated rings. The fraction of sp³-hybridized carbons (Fsp3) is 0.481. The van der Waals surface area contributed by atoms with Crippen LogP contribution in [0.2, 0.25) is 0 Å². The first-order valence-corrected chi connectivity index (χ1v) is 13.0. The number of thiazole rings is 1. The van der Waals surface area contributed by atoms with Crippen molar-refractivity contribution < 1.29 is 9.59 Å². The number of hydrogen-bond donors (Lipinski definition) is 1. The molecule has 1 saturated carbocycles. The molecule has 2 amide bonds. The highest BCUT2D eigenvalue weighted by atomic mass is 32.1. The van der Waals surface area contributed by atoms with E-state index in [-0.39, 0.29) is 23.3 Å². The zero-order valence-corrected chi connectivity index (χ0v) is 22.1. The molecule has 3 aromatic rings. The number of carbonyl (C=O) groups is 2. The summed E-state index contributed by atoms with van der Waals surface area (Å²) in [5.41, 5.74) is 3.99. The van der Waals surface area contributed by atoms with Gasteiger partial charge in [-0.1, -0.05) is 50.6 Å². The predicted molar refractivity (Wildman–Crippen MR) is 138 cm³/mol. The Balaban J connectivity index is 1.34. The monoisotopic (exact) mass is 491 g/mol. The second kappa shape index (κ2) is 8.59. The second-order valence-electron chi connectivity index (χ2n) is 11.0. The molecule has 1 aromatic carbocycles. The molecule has 2 aliphatic rings. The fourth-order valence-electron chi connectivity index (χ4n) is 5.09. The van der Waals surface area contributed by atoms with Gasteiger partial charge in [-0.3, -0.25) is 14.3 Å². The minimum Gasteiger partial charge on any atom is -0.349 e. The standard InChI is InChI=1S/C27H33N5O2S/c1-15-8-7-9-17(10-15)24-23(29-16(2)35-24)26(34)32-14-18-11-19(18)21(32)13-28-25(33)20-12-22(27(3,4)5)30-31(20)6/h7-10,12,18-19,21H,11,13-14H2,1-6H3,(H,28,33)/t18-,19-,21-/m1/s1. The van der Waals surface area contributed by atoms with Crippen molar-refractivity contribution in [2.45, 2.75) is 52.5 Å². The predicted octanol–water partition coefficient (Wildman–Crippen LogP) is 4.35. The molecule has 0 unspecified atom stereocenters. The molecule has 1 aliphatic heterocycles. The van der Waals surface area contributed by atoms with Crippen molar-refractivity contribution in [3.8, 4) is 10.4 Å². The largest absolute Gasteiger partial charge is 0.349 e. The number of rotatable bonds is 5. The number of aryl methyl sites for hydroxylation is 3. The molecule has 8 heteroatoms. The quantitative estimate of drug-likeness (QED) is 0.576. The van der Waals surface area contributed by atoms with Crippen LogP contribution in [0.1, 0.15) is 64.4 Å². The summed E-state index contributed by atoms with van der Waals surface area (Å²) in [4.78, 5) is 34.3. The number of benzene rings is 1. The van der Waals surface area contributed by atoms with E-state index in [0.717, 1.165) is 39.7 Å². The van der Waals surface area contributed by atoms with Crippen LogP contribution >= 0.6 is 11.3 Å². The number of hydrogen-bond acceptors (Lipinski definition) is 5. The Morgan fingerprint density at radius 2 is 1.97 bits per heavy atom. The molecule has 0 radical (unpaired) electrons. The van der Waals surface area contributed by atoms with Crippen LogP contribution in [0, 0.1) is 25.7 Å². The van der Waals surface area contributed by atoms with E-state index in [2.05, 4.69) is 55.2 Å². The van der Waals surface area contributed by atoms with E-state index < -0.39 is 0 Å². The van der Waals surface area contributed by atoms with Gasteiger partial charge in [-0.25, -0.2) is 4.98 Å². The van der Waals surface area contributed by atoms with Gasteiger partial charge >= 0.3 is 0 Å². The lowest BCUT2D eigenvalue weighted by Gasteiger charge is -2.27. The second-order valence-corrected chi connectivity index (χ2v) is 12.2. The van der Waals surface area contributed by atoms with E-state index in [1.54, 1.807) is 23.1 Å². The van der Waals surface area contributed by atoms with Gasteiger partial charge in [-0.15, -0.1) is 11.3 Å². The molecule has 184 valence electrons. The minimum absolute atomic E-state index is 0.0147. The van der Waals surface area contributed by atoms with Gasteiger partial charge in [0.05, 0.1) is 21.6 Å². The van der Waals surface area contributed by atoms with Gasteiger partial charge in [0, 0.05) is 25.6 Å². The molecule has 3 heterocycles. The molecule has 1 saturated heterocycles. The van der Waals surface area contributed by atoms with E-state index in [1.165, 1.54) is 0 Å². The Morgan fingerprint density at radius 3 is 2.66 bits per heavy atom. The highest BCUT2D eigenvalue weighted by Crippen LogP contribution is 2.50. The highest BCUT2D eigenvalue weighted by Gasteiger charge is 2.54. The van der Waals surface area contributed by atoms with Crippen LogP contribution in [0.4, 0.5) is 0 Å². The molecule has 1 N–H and O–H groups in total. The van der Waals surface area contributed by atoms with Gasteiger partial charge in [-0.2, -0.15) is 5.10 Å². The summed E-state index contributed by atoms with van der Waals surface area (Å²) >= 11 is 1.56. The number of nitrogens with one attached hydrogen (secondary N) is 1. The zero-order chi connectivity index (χ0) is 25.1. The minimum atomic E-state index is -0.156. The Morgan fingerprint density at radius 1 is 1.20 bits per heavy atom. The smallest absolute Gasteiger partial charge is 0.274 e. The maximum absolute atomic E-state index is 13.7. The molecule has 5 rings (SSSR count). The molecule has 3 atom stereocenters. The lowest BCUT2D eigenvalue weighted by atomic mass is 9.92. The van der Waals surface area contributed by atoms with Gasteiger partial charge in [0.2, 0.25) is 0 Å². The number of aromatic nitrogens is 3. The van der Waals surface area contributed by atoms with E-state index in [1.807, 2.05) is 30.0 Å². The summed E-state index contributed by atoms with van der Waals surface area (Å²) < 4.78 is 1.64.